The Morgan fingerprint density at radius 1 is 1.56 bits per heavy atom. The lowest BCUT2D eigenvalue weighted by Crippen LogP contribution is -2.16. The molecule has 0 aromatic rings. The van der Waals surface area contributed by atoms with Gasteiger partial charge in [0.15, 0.2) is 0 Å². The molecule has 0 aromatic carbocycles. The molecule has 0 unspecified atom stereocenters. The van der Waals surface area contributed by atoms with Gasteiger partial charge >= 0.3 is 0 Å². The molecule has 2 aliphatic rings. The van der Waals surface area contributed by atoms with Gasteiger partial charge in [-0.25, -0.2) is 0 Å². The summed E-state index contributed by atoms with van der Waals surface area (Å²) in [6, 6.07) is 0.525. The molecule has 2 fully saturated rings. The second-order valence-corrected chi connectivity index (χ2v) is 3.10. The molecule has 0 amide bonds. The summed E-state index contributed by atoms with van der Waals surface area (Å²) in [4.78, 5) is 0. The van der Waals surface area contributed by atoms with Crippen molar-refractivity contribution in [3.8, 4) is 0 Å². The predicted octanol–water partition coefficient (Wildman–Crippen LogP) is 0.119. The Morgan fingerprint density at radius 2 is 2.22 bits per heavy atom. The predicted molar refractivity (Wildman–Crippen MR) is 39.8 cm³/mol. The van der Waals surface area contributed by atoms with Crippen molar-refractivity contribution in [3.63, 3.8) is 0 Å². The van der Waals surface area contributed by atoms with E-state index in [1.165, 1.54) is 25.9 Å². The van der Waals surface area contributed by atoms with Crippen LogP contribution in [0.25, 0.3) is 0 Å². The molecule has 0 aromatic heterocycles. The third-order valence-electron chi connectivity index (χ3n) is 2.53. The summed E-state index contributed by atoms with van der Waals surface area (Å²) in [6.45, 7) is 2.36. The molecule has 2 atom stereocenters. The van der Waals surface area contributed by atoms with Crippen LogP contribution in [0.1, 0.15) is 12.8 Å². The van der Waals surface area contributed by atoms with E-state index >= 15 is 0 Å². The van der Waals surface area contributed by atoms with E-state index in [0.29, 0.717) is 11.5 Å². The lowest BCUT2D eigenvalue weighted by molar-refractivity contribution is 0.547. The Balaban J connectivity index is 0.000000405. The first-order valence-corrected chi connectivity index (χ1v) is 3.30. The van der Waals surface area contributed by atoms with Crippen LogP contribution in [0.5, 0.6) is 0 Å². The van der Waals surface area contributed by atoms with Crippen LogP contribution in [0.4, 0.5) is 0 Å². The number of halogens is 1. The van der Waals surface area contributed by atoms with E-state index in [2.05, 4.69) is 5.32 Å². The smallest absolute Gasteiger partial charge is 0.0115 e. The molecule has 0 bridgehead atoms. The SMILES string of the molecule is Cl.N[C@@H]1C[C@]12CCNC2. The van der Waals surface area contributed by atoms with E-state index < -0.39 is 0 Å². The highest BCUT2D eigenvalue weighted by Crippen LogP contribution is 2.48. The molecular weight excluding hydrogens is 136 g/mol. The Bertz CT molecular complexity index is 110. The molecule has 0 radical (unpaired) electrons. The second-order valence-electron chi connectivity index (χ2n) is 3.10. The van der Waals surface area contributed by atoms with Crippen molar-refractivity contribution < 1.29 is 0 Å². The maximum Gasteiger partial charge on any atom is 0.0115 e. The Morgan fingerprint density at radius 3 is 2.44 bits per heavy atom. The zero-order chi connectivity index (χ0) is 5.61. The van der Waals surface area contributed by atoms with Crippen LogP contribution in [0, 0.1) is 5.41 Å². The van der Waals surface area contributed by atoms with Crippen molar-refractivity contribution in [1.82, 2.24) is 5.32 Å². The number of hydrogen-bond acceptors (Lipinski definition) is 2. The van der Waals surface area contributed by atoms with Gasteiger partial charge in [-0.3, -0.25) is 0 Å². The molecule has 54 valence electrons. The molecule has 1 heterocycles. The molecule has 1 aliphatic carbocycles. The van der Waals surface area contributed by atoms with Crippen LogP contribution >= 0.6 is 12.4 Å². The van der Waals surface area contributed by atoms with Crippen molar-refractivity contribution in [1.29, 1.82) is 0 Å². The number of nitrogens with one attached hydrogen (secondary N) is 1. The van der Waals surface area contributed by atoms with Crippen LogP contribution in [0.15, 0.2) is 0 Å². The van der Waals surface area contributed by atoms with E-state index in [9.17, 15) is 0 Å². The topological polar surface area (TPSA) is 38.0 Å². The maximum atomic E-state index is 5.72. The Kier molecular flexibility index (Phi) is 1.72. The zero-order valence-electron chi connectivity index (χ0n) is 5.39. The van der Waals surface area contributed by atoms with Crippen molar-refractivity contribution in [3.05, 3.63) is 0 Å². The molecule has 2 nitrogen and oxygen atoms in total. The third kappa shape index (κ3) is 0.955. The lowest BCUT2D eigenvalue weighted by atomic mass is 10.1. The molecule has 2 rings (SSSR count). The fourth-order valence-electron chi connectivity index (χ4n) is 1.63. The van der Waals surface area contributed by atoms with Gasteiger partial charge in [-0.2, -0.15) is 0 Å². The van der Waals surface area contributed by atoms with E-state index in [1.807, 2.05) is 0 Å². The van der Waals surface area contributed by atoms with Crippen LogP contribution in [-0.2, 0) is 0 Å². The first-order chi connectivity index (χ1) is 3.83. The van der Waals surface area contributed by atoms with Gasteiger partial charge in [0.05, 0.1) is 0 Å². The molecule has 3 heteroatoms. The monoisotopic (exact) mass is 148 g/mol. The zero-order valence-corrected chi connectivity index (χ0v) is 6.21. The summed E-state index contributed by atoms with van der Waals surface area (Å²) in [6.07, 6.45) is 2.58. The van der Waals surface area contributed by atoms with Crippen molar-refractivity contribution in [2.45, 2.75) is 18.9 Å². The van der Waals surface area contributed by atoms with Gasteiger partial charge in [-0.15, -0.1) is 12.4 Å². The summed E-state index contributed by atoms with van der Waals surface area (Å²) in [5.41, 5.74) is 6.29. The highest BCUT2D eigenvalue weighted by molar-refractivity contribution is 5.85. The Hall–Kier alpha value is 0.210. The maximum absolute atomic E-state index is 5.72. The molecule has 1 saturated heterocycles. The number of nitrogens with two attached hydrogens (primary N) is 1. The lowest BCUT2D eigenvalue weighted by Gasteiger charge is -2.00. The van der Waals surface area contributed by atoms with Gasteiger partial charge in [0.2, 0.25) is 0 Å². The van der Waals surface area contributed by atoms with Gasteiger partial charge in [0.1, 0.15) is 0 Å². The summed E-state index contributed by atoms with van der Waals surface area (Å²) in [5.74, 6) is 0. The molecule has 1 aliphatic heterocycles. The van der Waals surface area contributed by atoms with Crippen LogP contribution in [0.3, 0.4) is 0 Å². The second kappa shape index (κ2) is 2.11. The van der Waals surface area contributed by atoms with E-state index in [4.69, 9.17) is 5.73 Å². The Labute approximate surface area is 61.6 Å². The minimum Gasteiger partial charge on any atom is -0.327 e. The van der Waals surface area contributed by atoms with Gasteiger partial charge in [0.25, 0.3) is 0 Å². The average molecular weight is 149 g/mol. The molecular formula is C6H13ClN2. The molecule has 1 saturated carbocycles. The fraction of sp³-hybridized carbons (Fsp3) is 1.00. The minimum absolute atomic E-state index is 0. The average Bonchev–Trinajstić information content (AvgIpc) is 2.29. The highest BCUT2D eigenvalue weighted by Gasteiger charge is 2.52. The van der Waals surface area contributed by atoms with Gasteiger partial charge < -0.3 is 11.1 Å². The quantitative estimate of drug-likeness (QED) is 0.512. The van der Waals surface area contributed by atoms with Crippen molar-refractivity contribution >= 4 is 12.4 Å². The largest absolute Gasteiger partial charge is 0.327 e. The van der Waals surface area contributed by atoms with Crippen molar-refractivity contribution in [2.24, 2.45) is 11.1 Å². The summed E-state index contributed by atoms with van der Waals surface area (Å²) >= 11 is 0. The standard InChI is InChI=1S/C6H12N2.ClH/c7-5-3-6(5)1-2-8-4-6;/h5,8H,1-4,7H2;1H/t5-,6+;/m1./s1. The fourth-order valence-corrected chi connectivity index (χ4v) is 1.63. The summed E-state index contributed by atoms with van der Waals surface area (Å²) in [5, 5.41) is 3.33. The van der Waals surface area contributed by atoms with Crippen LogP contribution in [0.2, 0.25) is 0 Å². The summed E-state index contributed by atoms with van der Waals surface area (Å²) < 4.78 is 0. The van der Waals surface area contributed by atoms with Gasteiger partial charge in [-0.05, 0) is 19.4 Å². The number of rotatable bonds is 0. The highest BCUT2D eigenvalue weighted by atomic mass is 35.5. The molecule has 1 spiro atoms. The van der Waals surface area contributed by atoms with E-state index in [-0.39, 0.29) is 12.4 Å². The van der Waals surface area contributed by atoms with Crippen LogP contribution < -0.4 is 11.1 Å². The van der Waals surface area contributed by atoms with Crippen LogP contribution in [-0.4, -0.2) is 19.1 Å². The van der Waals surface area contributed by atoms with E-state index in [0.717, 1.165) is 0 Å². The number of hydrogen-bond donors (Lipinski definition) is 2. The van der Waals surface area contributed by atoms with Gasteiger partial charge in [-0.1, -0.05) is 0 Å². The van der Waals surface area contributed by atoms with E-state index in [1.54, 1.807) is 0 Å². The molecule has 3 N–H and O–H groups in total. The van der Waals surface area contributed by atoms with Crippen molar-refractivity contribution in [2.75, 3.05) is 13.1 Å². The van der Waals surface area contributed by atoms with Gasteiger partial charge in [0, 0.05) is 18.0 Å². The normalized spacial score (nSPS) is 47.0. The molecule has 9 heavy (non-hydrogen) atoms. The third-order valence-corrected chi connectivity index (χ3v) is 2.53. The first-order valence-electron chi connectivity index (χ1n) is 3.30. The summed E-state index contributed by atoms with van der Waals surface area (Å²) in [7, 11) is 0. The minimum atomic E-state index is 0. The first kappa shape index (κ1) is 7.32.